The van der Waals surface area contributed by atoms with Crippen molar-refractivity contribution in [2.45, 2.75) is 44.8 Å². The number of aromatic hydroxyl groups is 1. The molecule has 0 saturated heterocycles. The van der Waals surface area contributed by atoms with E-state index in [-0.39, 0.29) is 41.0 Å². The van der Waals surface area contributed by atoms with Crippen LogP contribution in [0.5, 0.6) is 11.5 Å². The minimum Gasteiger partial charge on any atom is -0.504 e. The van der Waals surface area contributed by atoms with Crippen LogP contribution in [0.4, 0.5) is 5.13 Å². The number of anilines is 1. The average Bonchev–Trinajstić information content (AvgIpc) is 3.30. The molecular formula is C21H21N3O5S. The Kier molecular flexibility index (Phi) is 4.50. The van der Waals surface area contributed by atoms with Crippen molar-refractivity contribution in [1.29, 1.82) is 0 Å². The third-order valence-corrected chi connectivity index (χ3v) is 6.84. The topological polar surface area (TPSA) is 102 Å². The van der Waals surface area contributed by atoms with Crippen molar-refractivity contribution in [2.24, 2.45) is 5.92 Å². The molecule has 30 heavy (non-hydrogen) atoms. The number of phenolic OH excluding ortho intramolecular Hbond substituents is 1. The fourth-order valence-corrected chi connectivity index (χ4v) is 5.32. The molecule has 5 rings (SSSR count). The van der Waals surface area contributed by atoms with Crippen LogP contribution in [0.1, 0.15) is 42.3 Å². The first-order chi connectivity index (χ1) is 14.5. The van der Waals surface area contributed by atoms with Crippen LogP contribution in [0, 0.1) is 12.8 Å². The zero-order valence-corrected chi connectivity index (χ0v) is 17.4. The SMILES string of the molecule is COc1cc(C2C3=C(OC4CCCCC4C3=O)C(=O)N2c2nnc(C)s2)ccc1O. The number of carbonyl (C=O) groups excluding carboxylic acids is 2. The Morgan fingerprint density at radius 1 is 1.23 bits per heavy atom. The van der Waals surface area contributed by atoms with E-state index in [1.807, 2.05) is 6.92 Å². The summed E-state index contributed by atoms with van der Waals surface area (Å²) in [5, 5.41) is 19.3. The molecule has 3 aliphatic rings. The lowest BCUT2D eigenvalue weighted by molar-refractivity contribution is -0.131. The summed E-state index contributed by atoms with van der Waals surface area (Å²) in [7, 11) is 1.46. The number of hydrogen-bond acceptors (Lipinski definition) is 8. The summed E-state index contributed by atoms with van der Waals surface area (Å²) in [6.45, 7) is 1.81. The predicted octanol–water partition coefficient (Wildman–Crippen LogP) is 3.06. The zero-order valence-electron chi connectivity index (χ0n) is 16.6. The lowest BCUT2D eigenvalue weighted by Crippen LogP contribution is -2.39. The molecule has 1 fully saturated rings. The molecule has 3 atom stereocenters. The molecule has 1 saturated carbocycles. The molecule has 1 amide bonds. The van der Waals surface area contributed by atoms with Gasteiger partial charge in [-0.05, 0) is 43.9 Å². The van der Waals surface area contributed by atoms with Crippen molar-refractivity contribution in [1.82, 2.24) is 10.2 Å². The van der Waals surface area contributed by atoms with E-state index in [0.29, 0.717) is 21.3 Å². The van der Waals surface area contributed by atoms with Crippen molar-refractivity contribution >= 4 is 28.2 Å². The highest BCUT2D eigenvalue weighted by atomic mass is 32.1. The van der Waals surface area contributed by atoms with Gasteiger partial charge in [0.1, 0.15) is 11.1 Å². The Hall–Kier alpha value is -2.94. The standard InChI is InChI=1S/C21H21N3O5S/c1-10-22-23-21(30-10)24-17(11-7-8-13(25)15(9-11)28-2)16-18(26)12-5-3-4-6-14(12)29-19(16)20(24)27/h7-9,12,14,17,25H,3-6H2,1-2H3. The van der Waals surface area contributed by atoms with Crippen LogP contribution in [0.3, 0.4) is 0 Å². The van der Waals surface area contributed by atoms with E-state index < -0.39 is 6.04 Å². The van der Waals surface area contributed by atoms with Gasteiger partial charge in [-0.1, -0.05) is 23.8 Å². The van der Waals surface area contributed by atoms with Gasteiger partial charge >= 0.3 is 0 Å². The normalized spacial score (nSPS) is 25.8. The third-order valence-electron chi connectivity index (χ3n) is 6.00. The highest BCUT2D eigenvalue weighted by Crippen LogP contribution is 2.49. The van der Waals surface area contributed by atoms with Crippen LogP contribution in [-0.2, 0) is 14.3 Å². The van der Waals surface area contributed by atoms with Gasteiger partial charge in [-0.2, -0.15) is 0 Å². The molecule has 2 aliphatic heterocycles. The van der Waals surface area contributed by atoms with Crippen LogP contribution in [-0.4, -0.2) is 40.2 Å². The summed E-state index contributed by atoms with van der Waals surface area (Å²) < 4.78 is 11.4. The Labute approximate surface area is 177 Å². The molecule has 0 bridgehead atoms. The highest BCUT2D eigenvalue weighted by Gasteiger charge is 2.53. The van der Waals surface area contributed by atoms with Crippen LogP contribution in [0.25, 0.3) is 0 Å². The average molecular weight is 427 g/mol. The smallest absolute Gasteiger partial charge is 0.296 e. The molecule has 1 aromatic carbocycles. The number of methoxy groups -OCH3 is 1. The van der Waals surface area contributed by atoms with Crippen LogP contribution in [0.15, 0.2) is 29.5 Å². The fourth-order valence-electron chi connectivity index (χ4n) is 4.61. The van der Waals surface area contributed by atoms with Gasteiger partial charge in [0.2, 0.25) is 5.13 Å². The molecule has 2 aromatic rings. The number of hydrogen-bond donors (Lipinski definition) is 1. The van der Waals surface area contributed by atoms with E-state index in [1.54, 1.807) is 12.1 Å². The quantitative estimate of drug-likeness (QED) is 0.803. The maximum atomic E-state index is 13.5. The van der Waals surface area contributed by atoms with Crippen molar-refractivity contribution < 1.29 is 24.2 Å². The molecule has 9 heteroatoms. The fraction of sp³-hybridized carbons (Fsp3) is 0.429. The maximum Gasteiger partial charge on any atom is 0.296 e. The monoisotopic (exact) mass is 427 g/mol. The lowest BCUT2D eigenvalue weighted by Gasteiger charge is -2.35. The van der Waals surface area contributed by atoms with Gasteiger partial charge in [0.15, 0.2) is 23.0 Å². The molecule has 8 nitrogen and oxygen atoms in total. The Morgan fingerprint density at radius 3 is 2.77 bits per heavy atom. The van der Waals surface area contributed by atoms with Crippen LogP contribution < -0.4 is 9.64 Å². The molecule has 1 N–H and O–H groups in total. The first-order valence-corrected chi connectivity index (χ1v) is 10.8. The number of Topliss-reactive ketones (excluding diaryl/α,β-unsaturated/α-hetero) is 1. The van der Waals surface area contributed by atoms with Gasteiger partial charge in [-0.3, -0.25) is 14.5 Å². The minimum atomic E-state index is -0.704. The van der Waals surface area contributed by atoms with Gasteiger partial charge in [0.05, 0.1) is 24.6 Å². The second-order valence-electron chi connectivity index (χ2n) is 7.77. The lowest BCUT2D eigenvalue weighted by atomic mass is 9.77. The molecule has 3 unspecified atom stereocenters. The molecule has 3 heterocycles. The van der Waals surface area contributed by atoms with E-state index >= 15 is 0 Å². The highest BCUT2D eigenvalue weighted by molar-refractivity contribution is 7.15. The Balaban J connectivity index is 1.67. The number of ketones is 1. The van der Waals surface area contributed by atoms with Gasteiger partial charge in [0, 0.05) is 0 Å². The van der Waals surface area contributed by atoms with E-state index in [2.05, 4.69) is 10.2 Å². The van der Waals surface area contributed by atoms with Gasteiger partial charge < -0.3 is 14.6 Å². The second kappa shape index (κ2) is 7.09. The number of amides is 1. The minimum absolute atomic E-state index is 0.0170. The van der Waals surface area contributed by atoms with E-state index in [0.717, 1.165) is 25.7 Å². The number of rotatable bonds is 3. The number of nitrogens with zero attached hydrogens (tertiary/aromatic N) is 3. The molecule has 1 aromatic heterocycles. The van der Waals surface area contributed by atoms with Crippen LogP contribution >= 0.6 is 11.3 Å². The number of phenols is 1. The maximum absolute atomic E-state index is 13.5. The molecule has 0 radical (unpaired) electrons. The molecular weight excluding hydrogens is 406 g/mol. The molecule has 1 aliphatic carbocycles. The number of carbonyl (C=O) groups is 2. The molecule has 156 valence electrons. The van der Waals surface area contributed by atoms with E-state index in [1.165, 1.54) is 29.4 Å². The van der Waals surface area contributed by atoms with Crippen LogP contribution in [0.2, 0.25) is 0 Å². The summed E-state index contributed by atoms with van der Waals surface area (Å²) in [6.07, 6.45) is 3.25. The number of aromatic nitrogens is 2. The van der Waals surface area contributed by atoms with E-state index in [9.17, 15) is 14.7 Å². The third kappa shape index (κ3) is 2.79. The first-order valence-electron chi connectivity index (χ1n) is 9.95. The summed E-state index contributed by atoms with van der Waals surface area (Å²) in [5.41, 5.74) is 1.01. The van der Waals surface area contributed by atoms with Crippen molar-refractivity contribution in [3.63, 3.8) is 0 Å². The number of benzene rings is 1. The summed E-state index contributed by atoms with van der Waals surface area (Å²) in [6, 6.07) is 4.12. The summed E-state index contributed by atoms with van der Waals surface area (Å²) in [5.74, 6) is -0.277. The Morgan fingerprint density at radius 2 is 2.03 bits per heavy atom. The number of fused-ring (bicyclic) bond motifs is 1. The zero-order chi connectivity index (χ0) is 21.0. The number of aryl methyl sites for hydroxylation is 1. The first kappa shape index (κ1) is 19.0. The van der Waals surface area contributed by atoms with Gasteiger partial charge in [-0.15, -0.1) is 10.2 Å². The summed E-state index contributed by atoms with van der Waals surface area (Å²) >= 11 is 1.28. The van der Waals surface area contributed by atoms with Gasteiger partial charge in [-0.25, -0.2) is 0 Å². The predicted molar refractivity (Wildman–Crippen MR) is 108 cm³/mol. The second-order valence-corrected chi connectivity index (χ2v) is 8.93. The Bertz CT molecular complexity index is 1080. The largest absolute Gasteiger partial charge is 0.504 e. The molecule has 0 spiro atoms. The van der Waals surface area contributed by atoms with E-state index in [4.69, 9.17) is 9.47 Å². The summed E-state index contributed by atoms with van der Waals surface area (Å²) in [4.78, 5) is 28.5. The van der Waals surface area contributed by atoms with Crippen molar-refractivity contribution in [2.75, 3.05) is 12.0 Å². The van der Waals surface area contributed by atoms with Gasteiger partial charge in [0.25, 0.3) is 5.91 Å². The number of ether oxygens (including phenoxy) is 2. The van der Waals surface area contributed by atoms with Crippen molar-refractivity contribution in [3.8, 4) is 11.5 Å². The van der Waals surface area contributed by atoms with Crippen molar-refractivity contribution in [3.05, 3.63) is 40.1 Å².